The SMILES string of the molecule is C[NH2+]C.C[NH2+]C.C[NH2+]C.C[NH2+]C.O=C([O-])c1ccc(C(=O)[O-])cc1.O=C([O-])c1ccc(C(=O)[O-])cc1. The fourth-order valence-corrected chi connectivity index (χ4v) is 1.48. The Balaban J connectivity index is -0.000000199. The summed E-state index contributed by atoms with van der Waals surface area (Å²) >= 11 is 0. The summed E-state index contributed by atoms with van der Waals surface area (Å²) in [5.74, 6) is -5.33. The molecule has 8 N–H and O–H groups in total. The molecule has 0 heterocycles. The average Bonchev–Trinajstić information content (AvgIpc) is 2.81. The number of hydrogen-bond acceptors (Lipinski definition) is 8. The Labute approximate surface area is 212 Å². The molecule has 0 aromatic heterocycles. The van der Waals surface area contributed by atoms with Gasteiger partial charge in [0.25, 0.3) is 0 Å². The summed E-state index contributed by atoms with van der Waals surface area (Å²) in [5.41, 5.74) is -0.222. The number of quaternary nitrogens is 4. The molecule has 0 unspecified atom stereocenters. The lowest BCUT2D eigenvalue weighted by Crippen LogP contribution is -2.74. The van der Waals surface area contributed by atoms with E-state index in [1.165, 1.54) is 0 Å². The van der Waals surface area contributed by atoms with Crippen LogP contribution in [0.5, 0.6) is 0 Å². The Hall–Kier alpha value is -3.84. The highest BCUT2D eigenvalue weighted by molar-refractivity contribution is 5.90. The molecule has 2 aromatic carbocycles. The Kier molecular flexibility index (Phi) is 30.0. The number of nitrogens with two attached hydrogens (primary N) is 4. The van der Waals surface area contributed by atoms with Crippen molar-refractivity contribution in [1.82, 2.24) is 0 Å². The zero-order chi connectivity index (χ0) is 29.1. The van der Waals surface area contributed by atoms with Gasteiger partial charge in [-0.05, 0) is 22.3 Å². The number of carbonyl (C=O) groups excluding carboxylic acids is 4. The molecule has 0 amide bonds. The van der Waals surface area contributed by atoms with Crippen LogP contribution in [-0.2, 0) is 0 Å². The zero-order valence-electron chi connectivity index (χ0n) is 22.2. The molecule has 36 heavy (non-hydrogen) atoms. The maximum atomic E-state index is 10.2. The number of carboxylic acid groups (broad SMARTS) is 4. The minimum Gasteiger partial charge on any atom is -0.545 e. The van der Waals surface area contributed by atoms with E-state index in [-0.39, 0.29) is 22.3 Å². The molecule has 204 valence electrons. The van der Waals surface area contributed by atoms with E-state index < -0.39 is 23.9 Å². The van der Waals surface area contributed by atoms with Crippen LogP contribution in [0.25, 0.3) is 0 Å². The maximum Gasteiger partial charge on any atom is 0.0715 e. The lowest BCUT2D eigenvalue weighted by molar-refractivity contribution is -0.597. The highest BCUT2D eigenvalue weighted by Crippen LogP contribution is 2.02. The van der Waals surface area contributed by atoms with Gasteiger partial charge in [-0.15, -0.1) is 0 Å². The van der Waals surface area contributed by atoms with Crippen molar-refractivity contribution in [3.63, 3.8) is 0 Å². The second kappa shape index (κ2) is 27.4. The Bertz CT molecular complexity index is 701. The van der Waals surface area contributed by atoms with Gasteiger partial charge >= 0.3 is 0 Å². The summed E-state index contributed by atoms with van der Waals surface area (Å²) in [4.78, 5) is 40.8. The Morgan fingerprint density at radius 1 is 0.389 bits per heavy atom. The van der Waals surface area contributed by atoms with Gasteiger partial charge < -0.3 is 60.9 Å². The zero-order valence-corrected chi connectivity index (χ0v) is 22.2. The van der Waals surface area contributed by atoms with E-state index in [9.17, 15) is 39.6 Å². The van der Waals surface area contributed by atoms with Crippen LogP contribution in [0.2, 0.25) is 0 Å². The molecule has 12 nitrogen and oxygen atoms in total. The monoisotopic (exact) mass is 512 g/mol. The van der Waals surface area contributed by atoms with Crippen LogP contribution in [0, 0.1) is 0 Å². The number of carboxylic acids is 4. The third kappa shape index (κ3) is 24.8. The lowest BCUT2D eigenvalue weighted by atomic mass is 10.1. The van der Waals surface area contributed by atoms with Crippen LogP contribution in [0.15, 0.2) is 48.5 Å². The van der Waals surface area contributed by atoms with Crippen LogP contribution in [0.1, 0.15) is 41.4 Å². The number of aromatic carboxylic acids is 4. The van der Waals surface area contributed by atoms with E-state index in [4.69, 9.17) is 0 Å². The molecule has 2 aromatic rings. The highest BCUT2D eigenvalue weighted by atomic mass is 16.4. The highest BCUT2D eigenvalue weighted by Gasteiger charge is 1.95. The van der Waals surface area contributed by atoms with Crippen molar-refractivity contribution in [3.05, 3.63) is 70.8 Å². The molecule has 0 fully saturated rings. The van der Waals surface area contributed by atoms with E-state index >= 15 is 0 Å². The summed E-state index contributed by atoms with van der Waals surface area (Å²) in [7, 11) is 16.0. The topological polar surface area (TPSA) is 227 Å². The molecule has 0 atom stereocenters. The largest absolute Gasteiger partial charge is 0.545 e. The van der Waals surface area contributed by atoms with Crippen molar-refractivity contribution >= 4 is 23.9 Å². The first-order valence-electron chi connectivity index (χ1n) is 10.9. The van der Waals surface area contributed by atoms with Crippen molar-refractivity contribution < 1.29 is 60.9 Å². The standard InChI is InChI=1S/2C8H6O4.4C2H7N/c2*9-7(10)5-1-2-6(4-3-5)8(11)12;4*1-3-2/h2*1-4H,(H,9,10)(H,11,12);4*3H,1-2H3. The first-order chi connectivity index (χ1) is 16.9. The summed E-state index contributed by atoms with van der Waals surface area (Å²) in [5, 5.41) is 48.8. The smallest absolute Gasteiger partial charge is 0.0715 e. The third-order valence-electron chi connectivity index (χ3n) is 2.71. The molecule has 0 aliphatic rings. The minimum absolute atomic E-state index is 0.0556. The molecular formula is C24H40N4O8. The van der Waals surface area contributed by atoms with E-state index in [0.717, 1.165) is 48.5 Å². The predicted molar refractivity (Wildman–Crippen MR) is 125 cm³/mol. The average molecular weight is 513 g/mol. The Morgan fingerprint density at radius 2 is 0.472 bits per heavy atom. The van der Waals surface area contributed by atoms with Gasteiger partial charge in [0.2, 0.25) is 0 Å². The summed E-state index contributed by atoms with van der Waals surface area (Å²) < 4.78 is 0. The summed E-state index contributed by atoms with van der Waals surface area (Å²) in [6, 6.07) is 9.23. The van der Waals surface area contributed by atoms with Gasteiger partial charge in [0.05, 0.1) is 80.3 Å². The van der Waals surface area contributed by atoms with E-state index in [1.54, 1.807) is 0 Å². The maximum absolute atomic E-state index is 10.2. The molecule has 0 spiro atoms. The minimum atomic E-state index is -1.33. The van der Waals surface area contributed by atoms with Crippen molar-refractivity contribution in [1.29, 1.82) is 0 Å². The molecule has 12 heteroatoms. The van der Waals surface area contributed by atoms with Gasteiger partial charge in [0, 0.05) is 0 Å². The molecular weight excluding hydrogens is 472 g/mol. The van der Waals surface area contributed by atoms with E-state index in [2.05, 4.69) is 0 Å². The van der Waals surface area contributed by atoms with Gasteiger partial charge in [-0.2, -0.15) is 0 Å². The fraction of sp³-hybridized carbons (Fsp3) is 0.333. The first kappa shape index (κ1) is 39.4. The van der Waals surface area contributed by atoms with Crippen molar-refractivity contribution in [3.8, 4) is 0 Å². The molecule has 0 saturated carbocycles. The molecule has 0 radical (unpaired) electrons. The van der Waals surface area contributed by atoms with Gasteiger partial charge in [-0.3, -0.25) is 0 Å². The number of benzene rings is 2. The van der Waals surface area contributed by atoms with Crippen LogP contribution in [0.3, 0.4) is 0 Å². The van der Waals surface area contributed by atoms with Crippen molar-refractivity contribution in [2.75, 3.05) is 56.4 Å². The van der Waals surface area contributed by atoms with Crippen LogP contribution in [-0.4, -0.2) is 80.3 Å². The molecule has 0 aliphatic heterocycles. The summed E-state index contributed by atoms with van der Waals surface area (Å²) in [6.45, 7) is 0. The third-order valence-corrected chi connectivity index (χ3v) is 2.71. The van der Waals surface area contributed by atoms with Gasteiger partial charge in [0.15, 0.2) is 0 Å². The molecule has 0 saturated heterocycles. The molecule has 2 rings (SSSR count). The van der Waals surface area contributed by atoms with Gasteiger partial charge in [-0.1, -0.05) is 48.5 Å². The second-order valence-electron chi connectivity index (χ2n) is 6.61. The molecule has 0 aliphatic carbocycles. The fourth-order valence-electron chi connectivity index (χ4n) is 1.48. The number of hydrogen-bond donors (Lipinski definition) is 4. The number of carbonyl (C=O) groups is 4. The van der Waals surface area contributed by atoms with Crippen molar-refractivity contribution in [2.45, 2.75) is 0 Å². The van der Waals surface area contributed by atoms with Crippen LogP contribution < -0.4 is 41.7 Å². The normalized spacial score (nSPS) is 8.22. The number of rotatable bonds is 4. The van der Waals surface area contributed by atoms with Crippen LogP contribution >= 0.6 is 0 Å². The Morgan fingerprint density at radius 3 is 0.528 bits per heavy atom. The van der Waals surface area contributed by atoms with E-state index in [0.29, 0.717) is 0 Å². The quantitative estimate of drug-likeness (QED) is 0.307. The molecule has 0 bridgehead atoms. The predicted octanol–water partition coefficient (Wildman–Crippen LogP) is -7.94. The lowest BCUT2D eigenvalue weighted by Gasteiger charge is -2.04. The first-order valence-corrected chi connectivity index (χ1v) is 10.9. The van der Waals surface area contributed by atoms with Crippen molar-refractivity contribution in [2.24, 2.45) is 0 Å². The van der Waals surface area contributed by atoms with Gasteiger partial charge in [-0.25, -0.2) is 0 Å². The second-order valence-corrected chi connectivity index (χ2v) is 6.61. The van der Waals surface area contributed by atoms with Gasteiger partial charge in [0.1, 0.15) is 0 Å². The summed E-state index contributed by atoms with van der Waals surface area (Å²) in [6.07, 6.45) is 0. The van der Waals surface area contributed by atoms with Crippen LogP contribution in [0.4, 0.5) is 0 Å². The van der Waals surface area contributed by atoms with E-state index in [1.807, 2.05) is 77.6 Å².